The standard InChI is InChI=1S/C25H29N5O6.C2H6/c1-30-21-5-2-16(23(32)26-8-12-34-13-9-31)14-20(21)27-24(30)29-25-28-19-4-3-18(15-22(19)36-25)35-17-6-10-33-11-7-17;1-2/h2-5,14-15,17,31H,6-13H2,1H3,(H,26,32)(H,27,28,29);1-2H3. The fourth-order valence-corrected chi connectivity index (χ4v) is 4.07. The minimum absolute atomic E-state index is 0.0454. The van der Waals surface area contributed by atoms with E-state index < -0.39 is 0 Å². The van der Waals surface area contributed by atoms with Crippen LogP contribution in [0.4, 0.5) is 12.0 Å². The van der Waals surface area contributed by atoms with E-state index in [1.165, 1.54) is 0 Å². The highest BCUT2D eigenvalue weighted by atomic mass is 16.5. The van der Waals surface area contributed by atoms with Gasteiger partial charge in [-0.3, -0.25) is 10.1 Å². The number of hydrogen-bond acceptors (Lipinski definition) is 9. The number of nitrogens with one attached hydrogen (secondary N) is 2. The van der Waals surface area contributed by atoms with Crippen LogP contribution in [0.3, 0.4) is 0 Å². The molecule has 1 amide bonds. The molecule has 2 aromatic carbocycles. The van der Waals surface area contributed by atoms with Crippen LogP contribution in [-0.4, -0.2) is 71.2 Å². The Kier molecular flexibility index (Phi) is 9.52. The van der Waals surface area contributed by atoms with Crippen LogP contribution in [0.1, 0.15) is 37.0 Å². The van der Waals surface area contributed by atoms with Gasteiger partial charge in [0.2, 0.25) is 5.95 Å². The average Bonchev–Trinajstić information content (AvgIpc) is 3.49. The quantitative estimate of drug-likeness (QED) is 0.265. The van der Waals surface area contributed by atoms with Gasteiger partial charge >= 0.3 is 6.01 Å². The van der Waals surface area contributed by atoms with Gasteiger partial charge in [-0.2, -0.15) is 4.98 Å². The lowest BCUT2D eigenvalue weighted by molar-refractivity contribution is 0.0256. The normalized spacial score (nSPS) is 13.8. The van der Waals surface area contributed by atoms with Crippen LogP contribution in [0.2, 0.25) is 0 Å². The minimum atomic E-state index is -0.220. The maximum atomic E-state index is 12.4. The van der Waals surface area contributed by atoms with Crippen molar-refractivity contribution in [1.29, 1.82) is 0 Å². The Morgan fingerprint density at radius 3 is 2.71 bits per heavy atom. The number of imidazole rings is 1. The van der Waals surface area contributed by atoms with Crippen LogP contribution in [-0.2, 0) is 16.5 Å². The molecule has 3 heterocycles. The summed E-state index contributed by atoms with van der Waals surface area (Å²) in [5, 5.41) is 14.7. The molecule has 1 saturated heterocycles. The van der Waals surface area contributed by atoms with Crippen molar-refractivity contribution in [2.75, 3.05) is 44.9 Å². The van der Waals surface area contributed by atoms with Gasteiger partial charge in [-0.05, 0) is 30.3 Å². The summed E-state index contributed by atoms with van der Waals surface area (Å²) >= 11 is 0. The molecule has 0 radical (unpaired) electrons. The molecule has 0 unspecified atom stereocenters. The lowest BCUT2D eigenvalue weighted by atomic mass is 10.1. The smallest absolute Gasteiger partial charge is 0.302 e. The topological polar surface area (TPSA) is 133 Å². The van der Waals surface area contributed by atoms with Gasteiger partial charge in [0.25, 0.3) is 5.91 Å². The van der Waals surface area contributed by atoms with Gasteiger partial charge in [-0.25, -0.2) is 4.98 Å². The van der Waals surface area contributed by atoms with E-state index in [4.69, 9.17) is 23.7 Å². The number of oxazole rings is 1. The number of carbonyl (C=O) groups is 1. The molecule has 4 aromatic rings. The van der Waals surface area contributed by atoms with E-state index in [1.807, 2.05) is 49.7 Å². The summed E-state index contributed by atoms with van der Waals surface area (Å²) in [5.74, 6) is 1.05. The molecule has 0 atom stereocenters. The molecular formula is C27H35N5O6. The minimum Gasteiger partial charge on any atom is -0.490 e. The first-order valence-electron chi connectivity index (χ1n) is 13.0. The van der Waals surface area contributed by atoms with E-state index in [0.717, 1.165) is 24.1 Å². The molecule has 204 valence electrons. The summed E-state index contributed by atoms with van der Waals surface area (Å²) in [6.07, 6.45) is 1.88. The molecule has 2 aromatic heterocycles. The molecule has 3 N–H and O–H groups in total. The molecule has 5 rings (SSSR count). The van der Waals surface area contributed by atoms with Crippen molar-refractivity contribution in [2.45, 2.75) is 32.8 Å². The van der Waals surface area contributed by atoms with Gasteiger partial charge in [0.1, 0.15) is 17.4 Å². The third-order valence-corrected chi connectivity index (χ3v) is 5.96. The zero-order chi connectivity index (χ0) is 26.9. The Labute approximate surface area is 221 Å². The molecule has 1 aliphatic rings. The van der Waals surface area contributed by atoms with Gasteiger partial charge in [0.15, 0.2) is 5.58 Å². The van der Waals surface area contributed by atoms with Gasteiger partial charge in [0.05, 0.1) is 44.1 Å². The number of benzene rings is 2. The van der Waals surface area contributed by atoms with E-state index in [2.05, 4.69) is 20.6 Å². The Morgan fingerprint density at radius 2 is 1.92 bits per heavy atom. The number of nitrogens with zero attached hydrogens (tertiary/aromatic N) is 3. The molecule has 38 heavy (non-hydrogen) atoms. The Morgan fingerprint density at radius 1 is 1.11 bits per heavy atom. The van der Waals surface area contributed by atoms with Gasteiger partial charge in [0, 0.05) is 38.1 Å². The molecular weight excluding hydrogens is 490 g/mol. The monoisotopic (exact) mass is 525 g/mol. The van der Waals surface area contributed by atoms with E-state index in [0.29, 0.717) is 60.5 Å². The number of rotatable bonds is 10. The highest BCUT2D eigenvalue weighted by Crippen LogP contribution is 2.28. The second-order valence-electron chi connectivity index (χ2n) is 8.49. The van der Waals surface area contributed by atoms with Crippen molar-refractivity contribution < 1.29 is 28.5 Å². The van der Waals surface area contributed by atoms with E-state index in [-0.39, 0.29) is 25.2 Å². The number of aliphatic hydroxyl groups excluding tert-OH is 1. The van der Waals surface area contributed by atoms with Crippen molar-refractivity contribution in [2.24, 2.45) is 7.05 Å². The largest absolute Gasteiger partial charge is 0.490 e. The molecule has 11 nitrogen and oxygen atoms in total. The number of amides is 1. The first-order chi connectivity index (χ1) is 18.6. The molecule has 11 heteroatoms. The molecule has 0 saturated carbocycles. The van der Waals surface area contributed by atoms with Crippen molar-refractivity contribution in [3.8, 4) is 5.75 Å². The van der Waals surface area contributed by atoms with Crippen molar-refractivity contribution in [3.63, 3.8) is 0 Å². The molecule has 0 bridgehead atoms. The summed E-state index contributed by atoms with van der Waals surface area (Å²) < 4.78 is 24.4. The van der Waals surface area contributed by atoms with E-state index in [1.54, 1.807) is 12.1 Å². The van der Waals surface area contributed by atoms with Crippen LogP contribution in [0.25, 0.3) is 22.1 Å². The summed E-state index contributed by atoms with van der Waals surface area (Å²) in [6, 6.07) is 11.2. The number of aromatic nitrogens is 3. The third kappa shape index (κ3) is 6.60. The number of carbonyl (C=O) groups excluding carboxylic acids is 1. The molecule has 1 fully saturated rings. The number of ether oxygens (including phenoxy) is 3. The zero-order valence-electron chi connectivity index (χ0n) is 22.0. The van der Waals surface area contributed by atoms with Crippen molar-refractivity contribution in [1.82, 2.24) is 19.9 Å². The SMILES string of the molecule is CC.Cn1c(Nc2nc3ccc(OC4CCOCC4)cc3o2)nc2cc(C(=O)NCCOCCO)ccc21. The lowest BCUT2D eigenvalue weighted by Crippen LogP contribution is -2.27. The van der Waals surface area contributed by atoms with Gasteiger partial charge < -0.3 is 33.6 Å². The fraction of sp³-hybridized carbons (Fsp3) is 0.444. The average molecular weight is 526 g/mol. The van der Waals surface area contributed by atoms with Crippen molar-refractivity contribution >= 4 is 40.0 Å². The summed E-state index contributed by atoms with van der Waals surface area (Å²) in [4.78, 5) is 21.6. The second-order valence-corrected chi connectivity index (χ2v) is 8.49. The predicted molar refractivity (Wildman–Crippen MR) is 144 cm³/mol. The van der Waals surface area contributed by atoms with Crippen molar-refractivity contribution in [3.05, 3.63) is 42.0 Å². The number of aliphatic hydroxyl groups is 1. The Hall–Kier alpha value is -3.67. The zero-order valence-corrected chi connectivity index (χ0v) is 22.0. The summed E-state index contributed by atoms with van der Waals surface area (Å²) in [6.45, 7) is 6.32. The maximum absolute atomic E-state index is 12.4. The number of aryl methyl sites for hydroxylation is 1. The van der Waals surface area contributed by atoms with E-state index >= 15 is 0 Å². The van der Waals surface area contributed by atoms with Crippen LogP contribution >= 0.6 is 0 Å². The predicted octanol–water partition coefficient (Wildman–Crippen LogP) is 3.78. The van der Waals surface area contributed by atoms with Crippen LogP contribution in [0.15, 0.2) is 40.8 Å². The highest BCUT2D eigenvalue weighted by Gasteiger charge is 2.17. The van der Waals surface area contributed by atoms with Gasteiger partial charge in [-0.15, -0.1) is 0 Å². The third-order valence-electron chi connectivity index (χ3n) is 5.96. The summed E-state index contributed by atoms with van der Waals surface area (Å²) in [7, 11) is 1.87. The van der Waals surface area contributed by atoms with Gasteiger partial charge in [-0.1, -0.05) is 13.8 Å². The number of fused-ring (bicyclic) bond motifs is 2. The molecule has 1 aliphatic heterocycles. The Bertz CT molecular complexity index is 1340. The maximum Gasteiger partial charge on any atom is 0.302 e. The van der Waals surface area contributed by atoms with Crippen LogP contribution in [0.5, 0.6) is 5.75 Å². The second kappa shape index (κ2) is 13.2. The van der Waals surface area contributed by atoms with Crippen LogP contribution in [0, 0.1) is 0 Å². The Balaban J connectivity index is 0.00000164. The summed E-state index contributed by atoms with van der Waals surface area (Å²) in [5.41, 5.74) is 3.32. The molecule has 0 aliphatic carbocycles. The van der Waals surface area contributed by atoms with E-state index in [9.17, 15) is 4.79 Å². The fourth-order valence-electron chi connectivity index (χ4n) is 4.07. The number of hydrogen-bond donors (Lipinski definition) is 3. The molecule has 0 spiro atoms. The highest BCUT2D eigenvalue weighted by molar-refractivity contribution is 5.97. The first-order valence-corrected chi connectivity index (χ1v) is 13.0. The first kappa shape index (κ1) is 27.4. The lowest BCUT2D eigenvalue weighted by Gasteiger charge is -2.23. The van der Waals surface area contributed by atoms with Crippen LogP contribution < -0.4 is 15.4 Å². The number of anilines is 2.